The molecular formula is C11H10ClNO2. The third-order valence-corrected chi connectivity index (χ3v) is 2.03. The van der Waals surface area contributed by atoms with E-state index in [-0.39, 0.29) is 12.4 Å². The second-order valence-electron chi connectivity index (χ2n) is 2.96. The number of halogens is 1. The van der Waals surface area contributed by atoms with E-state index in [2.05, 4.69) is 5.32 Å². The van der Waals surface area contributed by atoms with E-state index in [9.17, 15) is 4.79 Å². The Labute approximate surface area is 93.1 Å². The number of carbonyl (C=O) groups is 1. The van der Waals surface area contributed by atoms with Gasteiger partial charge in [-0.3, -0.25) is 5.32 Å². The standard InChI is InChI=1S/C11H9NO2.ClH/c13-11(14)12-10-7-3-5-8-4-1-2-6-9(8)10;/h1-7,12H,(H,13,14);1H. The van der Waals surface area contributed by atoms with E-state index >= 15 is 0 Å². The maximum atomic E-state index is 10.5. The van der Waals surface area contributed by atoms with Gasteiger partial charge in [-0.1, -0.05) is 36.4 Å². The van der Waals surface area contributed by atoms with Crippen molar-refractivity contribution in [2.24, 2.45) is 0 Å². The van der Waals surface area contributed by atoms with E-state index in [4.69, 9.17) is 5.11 Å². The molecule has 0 bridgehead atoms. The van der Waals surface area contributed by atoms with Crippen LogP contribution in [0.4, 0.5) is 10.5 Å². The Balaban J connectivity index is 0.00000112. The van der Waals surface area contributed by atoms with Crippen molar-refractivity contribution in [3.8, 4) is 0 Å². The van der Waals surface area contributed by atoms with Gasteiger partial charge in [-0.15, -0.1) is 12.4 Å². The first kappa shape index (κ1) is 11.3. The van der Waals surface area contributed by atoms with Crippen LogP contribution < -0.4 is 5.32 Å². The van der Waals surface area contributed by atoms with E-state index in [1.807, 2.05) is 36.4 Å². The molecule has 1 amide bonds. The van der Waals surface area contributed by atoms with Crippen LogP contribution in [-0.4, -0.2) is 11.2 Å². The Hall–Kier alpha value is -1.74. The van der Waals surface area contributed by atoms with Crippen molar-refractivity contribution in [2.75, 3.05) is 5.32 Å². The van der Waals surface area contributed by atoms with E-state index < -0.39 is 6.09 Å². The van der Waals surface area contributed by atoms with Gasteiger partial charge in [-0.05, 0) is 11.5 Å². The van der Waals surface area contributed by atoms with Crippen molar-refractivity contribution >= 4 is 35.0 Å². The molecule has 2 rings (SSSR count). The molecule has 0 aromatic heterocycles. The highest BCUT2D eigenvalue weighted by atomic mass is 35.5. The number of amides is 1. The monoisotopic (exact) mass is 223 g/mol. The number of benzene rings is 2. The first-order chi connectivity index (χ1) is 6.77. The smallest absolute Gasteiger partial charge is 0.409 e. The molecule has 0 heterocycles. The Morgan fingerprint density at radius 1 is 1.07 bits per heavy atom. The third-order valence-electron chi connectivity index (χ3n) is 2.03. The van der Waals surface area contributed by atoms with Gasteiger partial charge in [-0.25, -0.2) is 4.79 Å². The van der Waals surface area contributed by atoms with Gasteiger partial charge in [0.15, 0.2) is 0 Å². The Morgan fingerprint density at radius 3 is 2.47 bits per heavy atom. The quantitative estimate of drug-likeness (QED) is 0.779. The Bertz CT molecular complexity index is 479. The van der Waals surface area contributed by atoms with Crippen molar-refractivity contribution in [3.05, 3.63) is 42.5 Å². The van der Waals surface area contributed by atoms with Crippen LogP contribution >= 0.6 is 12.4 Å². The highest BCUT2D eigenvalue weighted by molar-refractivity contribution is 5.99. The zero-order valence-electron chi connectivity index (χ0n) is 7.81. The van der Waals surface area contributed by atoms with Crippen LogP contribution in [0.15, 0.2) is 42.5 Å². The average molecular weight is 224 g/mol. The molecule has 15 heavy (non-hydrogen) atoms. The van der Waals surface area contributed by atoms with Gasteiger partial charge in [-0.2, -0.15) is 0 Å². The second kappa shape index (κ2) is 4.66. The summed E-state index contributed by atoms with van der Waals surface area (Å²) in [5.74, 6) is 0. The molecule has 0 radical (unpaired) electrons. The fraction of sp³-hybridized carbons (Fsp3) is 0. The molecule has 3 nitrogen and oxygen atoms in total. The fourth-order valence-corrected chi connectivity index (χ4v) is 1.45. The summed E-state index contributed by atoms with van der Waals surface area (Å²) in [5, 5.41) is 12.9. The molecule has 78 valence electrons. The molecule has 0 aliphatic heterocycles. The summed E-state index contributed by atoms with van der Waals surface area (Å²) in [6.07, 6.45) is -1.04. The number of hydrogen-bond donors (Lipinski definition) is 2. The van der Waals surface area contributed by atoms with Crippen molar-refractivity contribution in [1.29, 1.82) is 0 Å². The predicted molar refractivity (Wildman–Crippen MR) is 62.8 cm³/mol. The lowest BCUT2D eigenvalue weighted by Crippen LogP contribution is -2.07. The summed E-state index contributed by atoms with van der Waals surface area (Å²) in [6.45, 7) is 0. The molecule has 0 fully saturated rings. The van der Waals surface area contributed by atoms with Gasteiger partial charge >= 0.3 is 6.09 Å². The zero-order chi connectivity index (χ0) is 9.97. The summed E-state index contributed by atoms with van der Waals surface area (Å²) >= 11 is 0. The summed E-state index contributed by atoms with van der Waals surface area (Å²) in [6, 6.07) is 13.2. The molecule has 0 saturated heterocycles. The first-order valence-electron chi connectivity index (χ1n) is 4.25. The molecule has 2 N–H and O–H groups in total. The molecule has 4 heteroatoms. The van der Waals surface area contributed by atoms with Crippen molar-refractivity contribution in [2.45, 2.75) is 0 Å². The summed E-state index contributed by atoms with van der Waals surface area (Å²) in [5.41, 5.74) is 0.621. The van der Waals surface area contributed by atoms with E-state index in [1.165, 1.54) is 0 Å². The van der Waals surface area contributed by atoms with Gasteiger partial charge in [0.2, 0.25) is 0 Å². The average Bonchev–Trinajstić information content (AvgIpc) is 2.18. The van der Waals surface area contributed by atoms with Crippen LogP contribution in [0.25, 0.3) is 10.8 Å². The molecule has 0 saturated carbocycles. The van der Waals surface area contributed by atoms with Crippen LogP contribution in [0.2, 0.25) is 0 Å². The molecule has 0 aliphatic rings. The largest absolute Gasteiger partial charge is 0.465 e. The van der Waals surface area contributed by atoms with E-state index in [0.717, 1.165) is 10.8 Å². The number of rotatable bonds is 1. The lowest BCUT2D eigenvalue weighted by Gasteiger charge is -2.04. The number of carboxylic acid groups (broad SMARTS) is 1. The summed E-state index contributed by atoms with van der Waals surface area (Å²) < 4.78 is 0. The normalized spacial score (nSPS) is 9.33. The molecule has 0 aliphatic carbocycles. The molecule has 0 unspecified atom stereocenters. The molecular weight excluding hydrogens is 214 g/mol. The molecule has 0 spiro atoms. The minimum absolute atomic E-state index is 0. The Kier molecular flexibility index (Phi) is 3.52. The van der Waals surface area contributed by atoms with Crippen LogP contribution in [-0.2, 0) is 0 Å². The number of nitrogens with one attached hydrogen (secondary N) is 1. The van der Waals surface area contributed by atoms with E-state index in [0.29, 0.717) is 5.69 Å². The van der Waals surface area contributed by atoms with Crippen molar-refractivity contribution in [1.82, 2.24) is 0 Å². The zero-order valence-corrected chi connectivity index (χ0v) is 8.62. The fourth-order valence-electron chi connectivity index (χ4n) is 1.45. The highest BCUT2D eigenvalue weighted by Crippen LogP contribution is 2.22. The minimum atomic E-state index is -1.04. The van der Waals surface area contributed by atoms with Crippen LogP contribution in [0.3, 0.4) is 0 Å². The minimum Gasteiger partial charge on any atom is -0.465 e. The van der Waals surface area contributed by atoms with Gasteiger partial charge in [0.25, 0.3) is 0 Å². The van der Waals surface area contributed by atoms with Crippen LogP contribution in [0, 0.1) is 0 Å². The number of fused-ring (bicyclic) bond motifs is 1. The van der Waals surface area contributed by atoms with Gasteiger partial charge in [0.05, 0.1) is 5.69 Å². The molecule has 2 aromatic carbocycles. The lowest BCUT2D eigenvalue weighted by molar-refractivity contribution is 0.210. The van der Waals surface area contributed by atoms with E-state index in [1.54, 1.807) is 6.07 Å². The second-order valence-corrected chi connectivity index (χ2v) is 2.96. The van der Waals surface area contributed by atoms with Gasteiger partial charge in [0, 0.05) is 5.39 Å². The van der Waals surface area contributed by atoms with Crippen LogP contribution in [0.5, 0.6) is 0 Å². The number of hydrogen-bond acceptors (Lipinski definition) is 1. The van der Waals surface area contributed by atoms with Gasteiger partial charge in [0.1, 0.15) is 0 Å². The lowest BCUT2D eigenvalue weighted by atomic mass is 10.1. The number of anilines is 1. The highest BCUT2D eigenvalue weighted by Gasteiger charge is 2.01. The summed E-state index contributed by atoms with van der Waals surface area (Å²) in [7, 11) is 0. The van der Waals surface area contributed by atoms with Crippen molar-refractivity contribution in [3.63, 3.8) is 0 Å². The first-order valence-corrected chi connectivity index (χ1v) is 4.25. The van der Waals surface area contributed by atoms with Crippen molar-refractivity contribution < 1.29 is 9.90 Å². The summed E-state index contributed by atoms with van der Waals surface area (Å²) in [4.78, 5) is 10.5. The molecule has 2 aromatic rings. The SMILES string of the molecule is Cl.O=C(O)Nc1cccc2ccccc12. The maximum Gasteiger partial charge on any atom is 0.409 e. The van der Waals surface area contributed by atoms with Crippen LogP contribution in [0.1, 0.15) is 0 Å². The third kappa shape index (κ3) is 2.39. The topological polar surface area (TPSA) is 49.3 Å². The molecule has 0 atom stereocenters. The maximum absolute atomic E-state index is 10.5. The van der Waals surface area contributed by atoms with Gasteiger partial charge < -0.3 is 5.11 Å². The predicted octanol–water partition coefficient (Wildman–Crippen LogP) is 3.35. The Morgan fingerprint density at radius 2 is 1.73 bits per heavy atom.